The maximum Gasteiger partial charge on any atom is 0.410 e. The third-order valence-electron chi connectivity index (χ3n) is 6.59. The lowest BCUT2D eigenvalue weighted by atomic mass is 9.96. The molecule has 0 radical (unpaired) electrons. The van der Waals surface area contributed by atoms with E-state index in [1.807, 2.05) is 18.2 Å². The fourth-order valence-corrected chi connectivity index (χ4v) is 4.82. The molecular weight excluding hydrogens is 461 g/mol. The third kappa shape index (κ3) is 4.40. The van der Waals surface area contributed by atoms with Gasteiger partial charge in [0.25, 0.3) is 5.91 Å². The summed E-state index contributed by atoms with van der Waals surface area (Å²) in [5.41, 5.74) is 3.57. The van der Waals surface area contributed by atoms with Gasteiger partial charge in [-0.1, -0.05) is 12.1 Å². The van der Waals surface area contributed by atoms with Crippen molar-refractivity contribution < 1.29 is 27.4 Å². The minimum atomic E-state index is -4.55. The summed E-state index contributed by atoms with van der Waals surface area (Å²) < 4.78 is 53.5. The number of halogens is 3. The Morgan fingerprint density at radius 3 is 2.57 bits per heavy atom. The van der Waals surface area contributed by atoms with Gasteiger partial charge in [0, 0.05) is 18.2 Å². The molecule has 0 bridgehead atoms. The van der Waals surface area contributed by atoms with Gasteiger partial charge < -0.3 is 20.1 Å². The van der Waals surface area contributed by atoms with Gasteiger partial charge in [0.2, 0.25) is 0 Å². The molecule has 2 aromatic carbocycles. The molecule has 1 aliphatic heterocycles. The molecule has 0 spiro atoms. The van der Waals surface area contributed by atoms with Crippen LogP contribution < -0.4 is 20.1 Å². The van der Waals surface area contributed by atoms with E-state index in [0.717, 1.165) is 23.9 Å². The molecule has 184 valence electrons. The number of ether oxygens (including phenoxy) is 2. The highest BCUT2D eigenvalue weighted by Gasteiger charge is 2.47. The Bertz CT molecular complexity index is 1270. The predicted molar refractivity (Wildman–Crippen MR) is 124 cm³/mol. The van der Waals surface area contributed by atoms with Crippen LogP contribution in [-0.4, -0.2) is 36.1 Å². The topological polar surface area (TPSA) is 77.4 Å². The SMILES string of the molecule is COc1ccc([C@@H]2C[C@H](C(F)(F)F)n3nc(C(=O)Nc4ccc5c(c4)CCC5)cc3N2)cc1OC. The van der Waals surface area contributed by atoms with Crippen molar-refractivity contribution in [3.05, 3.63) is 64.8 Å². The summed E-state index contributed by atoms with van der Waals surface area (Å²) in [6.45, 7) is 0. The number of carbonyl (C=O) groups is 1. The van der Waals surface area contributed by atoms with E-state index in [9.17, 15) is 18.0 Å². The highest BCUT2D eigenvalue weighted by atomic mass is 19.4. The number of methoxy groups -OCH3 is 2. The lowest BCUT2D eigenvalue weighted by molar-refractivity contribution is -0.173. The minimum absolute atomic E-state index is 0.0878. The Balaban J connectivity index is 1.43. The number of alkyl halides is 3. The number of hydrogen-bond acceptors (Lipinski definition) is 5. The van der Waals surface area contributed by atoms with Crippen LogP contribution in [0.5, 0.6) is 11.5 Å². The molecule has 1 aliphatic carbocycles. The summed E-state index contributed by atoms with van der Waals surface area (Å²) in [6, 6.07) is 9.50. The zero-order chi connectivity index (χ0) is 24.7. The van der Waals surface area contributed by atoms with Crippen LogP contribution in [0.25, 0.3) is 0 Å². The first-order valence-corrected chi connectivity index (χ1v) is 11.3. The molecule has 2 N–H and O–H groups in total. The summed E-state index contributed by atoms with van der Waals surface area (Å²) in [7, 11) is 2.96. The number of hydrogen-bond donors (Lipinski definition) is 2. The van der Waals surface area contributed by atoms with E-state index < -0.39 is 24.2 Å². The number of amides is 1. The van der Waals surface area contributed by atoms with Crippen LogP contribution in [0.15, 0.2) is 42.5 Å². The third-order valence-corrected chi connectivity index (χ3v) is 6.59. The fraction of sp³-hybridized carbons (Fsp3) is 0.360. The predicted octanol–water partition coefficient (Wildman–Crippen LogP) is 5.30. The number of nitrogens with one attached hydrogen (secondary N) is 2. The molecule has 10 heteroatoms. The van der Waals surface area contributed by atoms with E-state index in [1.165, 1.54) is 31.4 Å². The zero-order valence-corrected chi connectivity index (χ0v) is 19.3. The molecule has 3 aromatic rings. The van der Waals surface area contributed by atoms with Crippen molar-refractivity contribution >= 4 is 17.4 Å². The van der Waals surface area contributed by atoms with Gasteiger partial charge in [-0.25, -0.2) is 4.68 Å². The van der Waals surface area contributed by atoms with E-state index in [4.69, 9.17) is 9.47 Å². The van der Waals surface area contributed by atoms with Gasteiger partial charge in [0.05, 0.1) is 20.3 Å². The van der Waals surface area contributed by atoms with E-state index in [1.54, 1.807) is 18.2 Å². The van der Waals surface area contributed by atoms with Gasteiger partial charge in [-0.3, -0.25) is 4.79 Å². The van der Waals surface area contributed by atoms with Gasteiger partial charge in [-0.15, -0.1) is 0 Å². The number of rotatable bonds is 5. The number of fused-ring (bicyclic) bond motifs is 2. The van der Waals surface area contributed by atoms with Crippen LogP contribution in [0.4, 0.5) is 24.7 Å². The molecule has 2 atom stereocenters. The lowest BCUT2D eigenvalue weighted by Crippen LogP contribution is -2.35. The van der Waals surface area contributed by atoms with Crippen LogP contribution >= 0.6 is 0 Å². The first-order chi connectivity index (χ1) is 16.8. The Morgan fingerprint density at radius 2 is 1.83 bits per heavy atom. The maximum absolute atomic E-state index is 14.0. The monoisotopic (exact) mass is 486 g/mol. The Hall–Kier alpha value is -3.69. The average molecular weight is 486 g/mol. The molecule has 5 rings (SSSR count). The summed E-state index contributed by atoms with van der Waals surface area (Å²) in [5, 5.41) is 9.90. The van der Waals surface area contributed by atoms with Crippen molar-refractivity contribution in [3.63, 3.8) is 0 Å². The van der Waals surface area contributed by atoms with E-state index >= 15 is 0 Å². The van der Waals surface area contributed by atoms with Crippen molar-refractivity contribution in [3.8, 4) is 11.5 Å². The van der Waals surface area contributed by atoms with Crippen molar-refractivity contribution in [1.29, 1.82) is 0 Å². The molecule has 1 amide bonds. The van der Waals surface area contributed by atoms with Crippen molar-refractivity contribution in [2.24, 2.45) is 0 Å². The number of anilines is 2. The van der Waals surface area contributed by atoms with Gasteiger partial charge >= 0.3 is 6.18 Å². The summed E-state index contributed by atoms with van der Waals surface area (Å²) in [5.74, 6) is 0.464. The smallest absolute Gasteiger partial charge is 0.410 e. The lowest BCUT2D eigenvalue weighted by Gasteiger charge is -2.33. The molecule has 0 saturated carbocycles. The Kier molecular flexibility index (Phi) is 5.82. The van der Waals surface area contributed by atoms with Crippen LogP contribution in [-0.2, 0) is 12.8 Å². The number of nitrogens with zero attached hydrogens (tertiary/aromatic N) is 2. The second kappa shape index (κ2) is 8.83. The van der Waals surface area contributed by atoms with Crippen molar-refractivity contribution in [2.45, 2.75) is 43.9 Å². The molecule has 7 nitrogen and oxygen atoms in total. The first-order valence-electron chi connectivity index (χ1n) is 11.3. The van der Waals surface area contributed by atoms with Crippen LogP contribution in [0.2, 0.25) is 0 Å². The summed E-state index contributed by atoms with van der Waals surface area (Å²) in [4.78, 5) is 12.9. The second-order valence-electron chi connectivity index (χ2n) is 8.76. The normalized spacial score (nSPS) is 18.9. The molecule has 1 aromatic heterocycles. The van der Waals surface area contributed by atoms with Gasteiger partial charge in [-0.2, -0.15) is 18.3 Å². The van der Waals surface area contributed by atoms with Crippen molar-refractivity contribution in [1.82, 2.24) is 9.78 Å². The maximum atomic E-state index is 14.0. The van der Waals surface area contributed by atoms with E-state index in [-0.39, 0.29) is 17.9 Å². The molecule has 35 heavy (non-hydrogen) atoms. The van der Waals surface area contributed by atoms with Gasteiger partial charge in [0.1, 0.15) is 5.82 Å². The number of carbonyl (C=O) groups excluding carboxylic acids is 1. The Morgan fingerprint density at radius 1 is 1.06 bits per heavy atom. The second-order valence-corrected chi connectivity index (χ2v) is 8.76. The van der Waals surface area contributed by atoms with Gasteiger partial charge in [0.15, 0.2) is 23.2 Å². The zero-order valence-electron chi connectivity index (χ0n) is 19.3. The number of aryl methyl sites for hydroxylation is 2. The highest BCUT2D eigenvalue weighted by Crippen LogP contribution is 2.44. The molecule has 2 aliphatic rings. The van der Waals surface area contributed by atoms with Crippen molar-refractivity contribution in [2.75, 3.05) is 24.9 Å². The standard InChI is InChI=1S/C25H25F3N4O3/c1-34-20-9-7-16(11-21(20)35-2)18-12-22(25(26,27)28)32-23(30-18)13-19(31-32)24(33)29-17-8-6-14-4-3-5-15(14)10-17/h6-11,13,18,22,30H,3-5,12H2,1-2H3,(H,29,33)/t18-,22+/m0/s1. The first kappa shape index (κ1) is 23.1. The highest BCUT2D eigenvalue weighted by molar-refractivity contribution is 6.03. The van der Waals surface area contributed by atoms with Crippen LogP contribution in [0.1, 0.15) is 52.1 Å². The summed E-state index contributed by atoms with van der Waals surface area (Å²) in [6.07, 6.45) is -1.80. The van der Waals surface area contributed by atoms with E-state index in [0.29, 0.717) is 22.7 Å². The molecule has 0 fully saturated rings. The minimum Gasteiger partial charge on any atom is -0.493 e. The number of benzene rings is 2. The molecular formula is C25H25F3N4O3. The fourth-order valence-electron chi connectivity index (χ4n) is 4.82. The van der Waals surface area contributed by atoms with Crippen LogP contribution in [0, 0.1) is 0 Å². The largest absolute Gasteiger partial charge is 0.493 e. The van der Waals surface area contributed by atoms with E-state index in [2.05, 4.69) is 15.7 Å². The number of aromatic nitrogens is 2. The molecule has 0 saturated heterocycles. The quantitative estimate of drug-likeness (QED) is 0.512. The Labute approximate surface area is 200 Å². The molecule has 2 heterocycles. The van der Waals surface area contributed by atoms with Crippen LogP contribution in [0.3, 0.4) is 0 Å². The van der Waals surface area contributed by atoms with Gasteiger partial charge in [-0.05, 0) is 60.2 Å². The molecule has 0 unspecified atom stereocenters. The summed E-state index contributed by atoms with van der Waals surface area (Å²) >= 11 is 0. The average Bonchev–Trinajstić information content (AvgIpc) is 3.48.